The lowest BCUT2D eigenvalue weighted by Gasteiger charge is -2.21. The third-order valence-electron chi connectivity index (χ3n) is 4.37. The van der Waals surface area contributed by atoms with Crippen LogP contribution in [0.15, 0.2) is 23.3 Å². The van der Waals surface area contributed by atoms with E-state index in [2.05, 4.69) is 11.6 Å². The number of aryl methyl sites for hydroxylation is 1. The summed E-state index contributed by atoms with van der Waals surface area (Å²) in [6, 6.07) is 0. The van der Waals surface area contributed by atoms with Gasteiger partial charge in [0.15, 0.2) is 0 Å². The standard InChI is InChI=1S/C18H22N2O3S/c1-11(2)9-20-10-19-16-14(17(20)21)12(3)15(24-16)18(22)23-13-7-5-4-6-8-13/h10,13H,1,4-9H2,2-3H3. The van der Waals surface area contributed by atoms with E-state index in [1.165, 1.54) is 28.7 Å². The zero-order valence-electron chi connectivity index (χ0n) is 14.1. The van der Waals surface area contributed by atoms with Crippen molar-refractivity contribution in [3.05, 3.63) is 39.3 Å². The van der Waals surface area contributed by atoms with Crippen molar-refractivity contribution in [1.82, 2.24) is 9.55 Å². The number of nitrogens with zero attached hydrogens (tertiary/aromatic N) is 2. The first-order valence-corrected chi connectivity index (χ1v) is 9.13. The second-order valence-corrected chi connectivity index (χ2v) is 7.54. The highest BCUT2D eigenvalue weighted by Crippen LogP contribution is 2.29. The summed E-state index contributed by atoms with van der Waals surface area (Å²) in [7, 11) is 0. The Kier molecular flexibility index (Phi) is 4.85. The quantitative estimate of drug-likeness (QED) is 0.623. The van der Waals surface area contributed by atoms with Gasteiger partial charge in [-0.15, -0.1) is 11.3 Å². The zero-order chi connectivity index (χ0) is 17.3. The van der Waals surface area contributed by atoms with Gasteiger partial charge in [-0.2, -0.15) is 0 Å². The van der Waals surface area contributed by atoms with Crippen LogP contribution in [0.4, 0.5) is 0 Å². The van der Waals surface area contributed by atoms with Gasteiger partial charge in [0, 0.05) is 6.54 Å². The van der Waals surface area contributed by atoms with E-state index in [1.54, 1.807) is 6.92 Å². The molecule has 5 nitrogen and oxygen atoms in total. The summed E-state index contributed by atoms with van der Waals surface area (Å²) in [5.41, 5.74) is 1.42. The number of carbonyl (C=O) groups excluding carboxylic acids is 1. The van der Waals surface area contributed by atoms with Crippen LogP contribution in [0, 0.1) is 6.92 Å². The molecule has 1 saturated carbocycles. The van der Waals surface area contributed by atoms with Gasteiger partial charge in [-0.05, 0) is 45.1 Å². The maximum atomic E-state index is 12.6. The van der Waals surface area contributed by atoms with Gasteiger partial charge in [-0.1, -0.05) is 18.6 Å². The summed E-state index contributed by atoms with van der Waals surface area (Å²) in [4.78, 5) is 30.6. The van der Waals surface area contributed by atoms with E-state index in [9.17, 15) is 9.59 Å². The van der Waals surface area contributed by atoms with Crippen LogP contribution in [0.5, 0.6) is 0 Å². The number of allylic oxidation sites excluding steroid dienone is 1. The topological polar surface area (TPSA) is 61.2 Å². The molecule has 0 saturated heterocycles. The molecule has 0 aromatic carbocycles. The van der Waals surface area contributed by atoms with Crippen molar-refractivity contribution in [2.24, 2.45) is 0 Å². The van der Waals surface area contributed by atoms with Crippen molar-refractivity contribution in [3.63, 3.8) is 0 Å². The number of hydrogen-bond acceptors (Lipinski definition) is 5. The number of hydrogen-bond donors (Lipinski definition) is 0. The lowest BCUT2D eigenvalue weighted by molar-refractivity contribution is 0.0216. The fourth-order valence-corrected chi connectivity index (χ4v) is 4.17. The van der Waals surface area contributed by atoms with Crippen LogP contribution in [-0.4, -0.2) is 21.6 Å². The summed E-state index contributed by atoms with van der Waals surface area (Å²) in [5, 5.41) is 0.513. The Morgan fingerprint density at radius 2 is 2.12 bits per heavy atom. The SMILES string of the molecule is C=C(C)Cn1cnc2sc(C(=O)OC3CCCCC3)c(C)c2c1=O. The van der Waals surface area contributed by atoms with Crippen molar-refractivity contribution < 1.29 is 9.53 Å². The molecule has 0 aliphatic heterocycles. The highest BCUT2D eigenvalue weighted by Gasteiger charge is 2.24. The van der Waals surface area contributed by atoms with Crippen molar-refractivity contribution >= 4 is 27.5 Å². The second-order valence-electron chi connectivity index (χ2n) is 6.54. The Morgan fingerprint density at radius 1 is 1.42 bits per heavy atom. The normalized spacial score (nSPS) is 15.6. The summed E-state index contributed by atoms with van der Waals surface area (Å²) < 4.78 is 7.17. The molecule has 0 atom stereocenters. The molecule has 24 heavy (non-hydrogen) atoms. The maximum absolute atomic E-state index is 12.6. The predicted molar refractivity (Wildman–Crippen MR) is 95.7 cm³/mol. The zero-order valence-corrected chi connectivity index (χ0v) is 14.9. The number of esters is 1. The minimum absolute atomic E-state index is 0.00361. The first-order valence-electron chi connectivity index (χ1n) is 8.31. The van der Waals surface area contributed by atoms with E-state index in [1.807, 2.05) is 6.92 Å². The number of rotatable bonds is 4. The molecule has 1 fully saturated rings. The Morgan fingerprint density at radius 3 is 2.79 bits per heavy atom. The third-order valence-corrected chi connectivity index (χ3v) is 5.55. The number of aromatic nitrogens is 2. The molecule has 0 bridgehead atoms. The van der Waals surface area contributed by atoms with Gasteiger partial charge in [0.25, 0.3) is 5.56 Å². The Hall–Kier alpha value is -1.95. The van der Waals surface area contributed by atoms with Crippen LogP contribution in [-0.2, 0) is 11.3 Å². The molecule has 1 aliphatic carbocycles. The maximum Gasteiger partial charge on any atom is 0.348 e. The Labute approximate surface area is 145 Å². The lowest BCUT2D eigenvalue weighted by Crippen LogP contribution is -2.22. The fourth-order valence-electron chi connectivity index (χ4n) is 3.15. The molecule has 2 heterocycles. The lowest BCUT2D eigenvalue weighted by atomic mass is 9.98. The summed E-state index contributed by atoms with van der Waals surface area (Å²) in [6.45, 7) is 7.92. The summed E-state index contributed by atoms with van der Waals surface area (Å²) in [5.74, 6) is -0.326. The average molecular weight is 346 g/mol. The van der Waals surface area contributed by atoms with Gasteiger partial charge >= 0.3 is 5.97 Å². The average Bonchev–Trinajstić information content (AvgIpc) is 2.88. The van der Waals surface area contributed by atoms with Gasteiger partial charge in [0.1, 0.15) is 15.8 Å². The van der Waals surface area contributed by atoms with E-state index in [0.29, 0.717) is 27.2 Å². The summed E-state index contributed by atoms with van der Waals surface area (Å²) in [6.07, 6.45) is 6.81. The van der Waals surface area contributed by atoms with E-state index in [4.69, 9.17) is 4.74 Å². The van der Waals surface area contributed by atoms with Crippen molar-refractivity contribution in [3.8, 4) is 0 Å². The fraction of sp³-hybridized carbons (Fsp3) is 0.500. The van der Waals surface area contributed by atoms with Gasteiger partial charge in [0.2, 0.25) is 0 Å². The largest absolute Gasteiger partial charge is 0.458 e. The molecule has 2 aromatic heterocycles. The molecule has 128 valence electrons. The van der Waals surface area contributed by atoms with Crippen LogP contribution in [0.25, 0.3) is 10.2 Å². The Balaban J connectivity index is 1.93. The van der Waals surface area contributed by atoms with E-state index in [0.717, 1.165) is 31.3 Å². The van der Waals surface area contributed by atoms with Crippen molar-refractivity contribution in [1.29, 1.82) is 0 Å². The van der Waals surface area contributed by atoms with Gasteiger partial charge < -0.3 is 4.74 Å². The number of carbonyl (C=O) groups is 1. The molecular weight excluding hydrogens is 324 g/mol. The van der Waals surface area contributed by atoms with Gasteiger partial charge in [0.05, 0.1) is 11.7 Å². The number of thiophene rings is 1. The molecule has 1 aliphatic rings. The Bertz CT molecular complexity index is 844. The molecule has 3 rings (SSSR count). The molecule has 0 spiro atoms. The first-order chi connectivity index (χ1) is 11.5. The number of ether oxygens (including phenoxy) is 1. The molecule has 6 heteroatoms. The van der Waals surface area contributed by atoms with Crippen LogP contribution < -0.4 is 5.56 Å². The summed E-state index contributed by atoms with van der Waals surface area (Å²) >= 11 is 1.24. The third kappa shape index (κ3) is 3.29. The van der Waals surface area contributed by atoms with Crippen molar-refractivity contribution in [2.45, 2.75) is 58.6 Å². The predicted octanol–water partition coefficient (Wildman–Crippen LogP) is 3.83. The smallest absolute Gasteiger partial charge is 0.348 e. The van der Waals surface area contributed by atoms with Crippen LogP contribution in [0.1, 0.15) is 54.3 Å². The van der Waals surface area contributed by atoms with Crippen LogP contribution >= 0.6 is 11.3 Å². The van der Waals surface area contributed by atoms with Crippen LogP contribution in [0.2, 0.25) is 0 Å². The minimum atomic E-state index is -0.326. The van der Waals surface area contributed by atoms with Gasteiger partial charge in [-0.3, -0.25) is 9.36 Å². The van der Waals surface area contributed by atoms with Crippen molar-refractivity contribution in [2.75, 3.05) is 0 Å². The molecular formula is C18H22N2O3S. The highest BCUT2D eigenvalue weighted by atomic mass is 32.1. The highest BCUT2D eigenvalue weighted by molar-refractivity contribution is 7.20. The van der Waals surface area contributed by atoms with E-state index >= 15 is 0 Å². The molecule has 0 radical (unpaired) electrons. The molecule has 0 N–H and O–H groups in total. The monoisotopic (exact) mass is 346 g/mol. The molecule has 0 unspecified atom stereocenters. The van der Waals surface area contributed by atoms with Crippen LogP contribution in [0.3, 0.4) is 0 Å². The van der Waals surface area contributed by atoms with E-state index < -0.39 is 0 Å². The second kappa shape index (κ2) is 6.89. The molecule has 2 aromatic rings. The molecule has 0 amide bonds. The first kappa shape index (κ1) is 16.9. The number of fused-ring (bicyclic) bond motifs is 1. The van der Waals surface area contributed by atoms with E-state index in [-0.39, 0.29) is 17.6 Å². The minimum Gasteiger partial charge on any atom is -0.458 e. The van der Waals surface area contributed by atoms with Gasteiger partial charge in [-0.25, -0.2) is 9.78 Å².